The molecule has 17 heteroatoms. The van der Waals surface area contributed by atoms with Gasteiger partial charge in [0.25, 0.3) is 6.08 Å². The summed E-state index contributed by atoms with van der Waals surface area (Å²) in [6.45, 7) is 8.10. The number of hydrogen-bond acceptors (Lipinski definition) is 14. The summed E-state index contributed by atoms with van der Waals surface area (Å²) in [4.78, 5) is 61.3. The lowest BCUT2D eigenvalue weighted by Gasteiger charge is -2.35. The molecular formula is C30H34FN5O11. The first-order valence-electron chi connectivity index (χ1n) is 14.4. The number of imidazole rings is 1. The van der Waals surface area contributed by atoms with Crippen molar-refractivity contribution in [1.82, 2.24) is 19.1 Å². The number of nitrogens with zero attached hydrogens (tertiary/aromatic N) is 5. The lowest BCUT2D eigenvalue weighted by atomic mass is 9.97. The van der Waals surface area contributed by atoms with Gasteiger partial charge >= 0.3 is 23.6 Å². The standard InChI is InChI=1S/C30H34FN5O11/c1-9-30(41-8,13-42-25(37)15(2)3)21(47-26(38)16(4)5)12-35-14-33-22-23(32-10-19-17(6)43-28(39)45-19)36(27(31)34-24(22)35)11-20-18(7)44-29(40)46-20/h1,14-16,21H,10-13H2,2-8H3/b32-23-/t21-,30?/m0/s1. The van der Waals surface area contributed by atoms with E-state index in [1.165, 1.54) is 31.9 Å². The van der Waals surface area contributed by atoms with Gasteiger partial charge in [0.1, 0.15) is 24.7 Å². The molecule has 0 fully saturated rings. The maximum absolute atomic E-state index is 15.9. The van der Waals surface area contributed by atoms with Crippen molar-refractivity contribution in [1.29, 1.82) is 0 Å². The number of carbonyl (C=O) groups is 2. The highest BCUT2D eigenvalue weighted by molar-refractivity contribution is 5.73. The van der Waals surface area contributed by atoms with Gasteiger partial charge in [0.15, 0.2) is 34.3 Å². The van der Waals surface area contributed by atoms with E-state index in [-0.39, 0.29) is 59.3 Å². The molecule has 0 N–H and O–H groups in total. The predicted octanol–water partition coefficient (Wildman–Crippen LogP) is 2.02. The highest BCUT2D eigenvalue weighted by Gasteiger charge is 2.43. The molecule has 0 aliphatic heterocycles. The zero-order chi connectivity index (χ0) is 34.6. The minimum Gasteiger partial charge on any atom is -0.461 e. The van der Waals surface area contributed by atoms with Gasteiger partial charge in [-0.2, -0.15) is 9.37 Å². The average molecular weight is 660 g/mol. The van der Waals surface area contributed by atoms with Crippen LogP contribution in [0.1, 0.15) is 50.7 Å². The average Bonchev–Trinajstić information content (AvgIpc) is 3.67. The topological polar surface area (TPSA) is 197 Å². The van der Waals surface area contributed by atoms with Gasteiger partial charge in [-0.1, -0.05) is 33.6 Å². The van der Waals surface area contributed by atoms with E-state index in [0.29, 0.717) is 0 Å². The molecule has 16 nitrogen and oxygen atoms in total. The highest BCUT2D eigenvalue weighted by Crippen LogP contribution is 2.24. The summed E-state index contributed by atoms with van der Waals surface area (Å²) in [5.74, 6) is -1.36. The van der Waals surface area contributed by atoms with Crippen LogP contribution in [0.15, 0.2) is 38.6 Å². The number of ether oxygens (including phenoxy) is 3. The second kappa shape index (κ2) is 14.0. The van der Waals surface area contributed by atoms with Gasteiger partial charge in [-0.05, 0) is 13.8 Å². The zero-order valence-electron chi connectivity index (χ0n) is 26.8. The van der Waals surface area contributed by atoms with Gasteiger partial charge in [0.05, 0.1) is 31.3 Å². The molecule has 0 saturated heterocycles. The van der Waals surface area contributed by atoms with Crippen molar-refractivity contribution in [3.05, 3.63) is 62.2 Å². The Morgan fingerprint density at radius 1 is 1.04 bits per heavy atom. The summed E-state index contributed by atoms with van der Waals surface area (Å²) in [5, 5.41) is 0. The quantitative estimate of drug-likeness (QED) is 0.115. The Morgan fingerprint density at radius 2 is 1.66 bits per heavy atom. The molecule has 0 aromatic carbocycles. The number of esters is 2. The third-order valence-electron chi connectivity index (χ3n) is 7.17. The number of carbonyl (C=O) groups excluding carboxylic acids is 2. The maximum Gasteiger partial charge on any atom is 0.519 e. The van der Waals surface area contributed by atoms with E-state index in [4.69, 9.17) is 38.3 Å². The van der Waals surface area contributed by atoms with Crippen LogP contribution < -0.4 is 17.1 Å². The molecule has 4 rings (SSSR count). The summed E-state index contributed by atoms with van der Waals surface area (Å²) in [5.41, 5.74) is -1.85. The van der Waals surface area contributed by atoms with E-state index in [2.05, 4.69) is 20.9 Å². The molecule has 0 aliphatic rings. The number of fused-ring (bicyclic) bond motifs is 1. The number of rotatable bonds is 13. The van der Waals surface area contributed by atoms with Crippen molar-refractivity contribution in [2.75, 3.05) is 13.7 Å². The summed E-state index contributed by atoms with van der Waals surface area (Å²) < 4.78 is 54.9. The smallest absolute Gasteiger partial charge is 0.461 e. The molecule has 0 amide bonds. The number of terminal acetylenes is 1. The molecule has 1 unspecified atom stereocenters. The van der Waals surface area contributed by atoms with Crippen LogP contribution >= 0.6 is 0 Å². The monoisotopic (exact) mass is 659 g/mol. The largest absolute Gasteiger partial charge is 0.519 e. The summed E-state index contributed by atoms with van der Waals surface area (Å²) in [6, 6.07) is 0. The maximum atomic E-state index is 15.9. The molecule has 47 heavy (non-hydrogen) atoms. The molecule has 0 spiro atoms. The number of hydrogen-bond donors (Lipinski definition) is 0. The number of aromatic nitrogens is 4. The minimum atomic E-state index is -1.77. The predicted molar refractivity (Wildman–Crippen MR) is 157 cm³/mol. The van der Waals surface area contributed by atoms with Crippen LogP contribution in [0.4, 0.5) is 4.39 Å². The van der Waals surface area contributed by atoms with Crippen LogP contribution in [0.2, 0.25) is 0 Å². The molecule has 4 aromatic heterocycles. The van der Waals surface area contributed by atoms with Crippen molar-refractivity contribution in [3.8, 4) is 12.3 Å². The summed E-state index contributed by atoms with van der Waals surface area (Å²) in [6.07, 6.45) is 4.81. The second-order valence-electron chi connectivity index (χ2n) is 11.1. The van der Waals surface area contributed by atoms with Crippen LogP contribution in [0, 0.1) is 44.1 Å². The molecule has 252 valence electrons. The number of aryl methyl sites for hydroxylation is 2. The van der Waals surface area contributed by atoms with Gasteiger partial charge in [0, 0.05) is 7.11 Å². The Balaban J connectivity index is 1.86. The van der Waals surface area contributed by atoms with E-state index < -0.39 is 59.8 Å². The zero-order valence-corrected chi connectivity index (χ0v) is 26.8. The van der Waals surface area contributed by atoms with Gasteiger partial charge in [-0.3, -0.25) is 19.1 Å². The van der Waals surface area contributed by atoms with Crippen molar-refractivity contribution < 1.29 is 45.9 Å². The van der Waals surface area contributed by atoms with Crippen LogP contribution in [-0.4, -0.2) is 56.5 Å². The van der Waals surface area contributed by atoms with Crippen molar-refractivity contribution in [2.24, 2.45) is 16.8 Å². The third-order valence-corrected chi connectivity index (χ3v) is 7.17. The van der Waals surface area contributed by atoms with Gasteiger partial charge in [-0.25, -0.2) is 14.6 Å². The number of methoxy groups -OCH3 is 1. The third kappa shape index (κ3) is 7.43. The van der Waals surface area contributed by atoms with Crippen LogP contribution in [0.5, 0.6) is 0 Å². The molecule has 4 heterocycles. The van der Waals surface area contributed by atoms with E-state index in [1.54, 1.807) is 27.7 Å². The van der Waals surface area contributed by atoms with Crippen LogP contribution in [0.25, 0.3) is 11.2 Å². The fraction of sp³-hybridized carbons (Fsp3) is 0.500. The molecule has 2 atom stereocenters. The summed E-state index contributed by atoms with van der Waals surface area (Å²) >= 11 is 0. The molecule has 0 bridgehead atoms. The Hall–Kier alpha value is -5.24. The van der Waals surface area contributed by atoms with Crippen LogP contribution in [-0.2, 0) is 43.4 Å². The Labute approximate surface area is 266 Å². The van der Waals surface area contributed by atoms with Crippen molar-refractivity contribution in [2.45, 2.75) is 72.9 Å². The fourth-order valence-corrected chi connectivity index (χ4v) is 4.33. The Bertz CT molecular complexity index is 2000. The summed E-state index contributed by atoms with van der Waals surface area (Å²) in [7, 11) is 1.27. The molecule has 4 aromatic rings. The van der Waals surface area contributed by atoms with Crippen molar-refractivity contribution in [3.63, 3.8) is 0 Å². The van der Waals surface area contributed by atoms with Gasteiger partial charge < -0.3 is 36.4 Å². The molecule has 0 radical (unpaired) electrons. The normalized spacial score (nSPS) is 14.0. The SMILES string of the molecule is C#CC(COC(=O)C(C)C)(OC)[C@H](Cn1cnc2/c(=N/Cc3oc(=O)oc3C)n(Cc3oc(=O)oc3C)c(F)nc21)OC(=O)C(C)C. The van der Waals surface area contributed by atoms with E-state index >= 15 is 4.39 Å². The Kier molecular flexibility index (Phi) is 10.3. The second-order valence-corrected chi connectivity index (χ2v) is 11.1. The first-order valence-corrected chi connectivity index (χ1v) is 14.4. The fourth-order valence-electron chi connectivity index (χ4n) is 4.33. The van der Waals surface area contributed by atoms with E-state index in [1.807, 2.05) is 0 Å². The molecule has 0 aliphatic carbocycles. The van der Waals surface area contributed by atoms with Crippen LogP contribution in [0.3, 0.4) is 0 Å². The number of halogens is 1. The van der Waals surface area contributed by atoms with Gasteiger partial charge in [0.2, 0.25) is 5.60 Å². The van der Waals surface area contributed by atoms with Crippen molar-refractivity contribution >= 4 is 23.1 Å². The minimum absolute atomic E-state index is 0.00235. The molecule has 0 saturated carbocycles. The van der Waals surface area contributed by atoms with E-state index in [9.17, 15) is 19.2 Å². The highest BCUT2D eigenvalue weighted by atomic mass is 19.1. The lowest BCUT2D eigenvalue weighted by Crippen LogP contribution is -2.52. The first-order chi connectivity index (χ1) is 22.2. The van der Waals surface area contributed by atoms with Gasteiger partial charge in [-0.15, -0.1) is 6.42 Å². The Morgan fingerprint density at radius 3 is 2.19 bits per heavy atom. The first kappa shape index (κ1) is 34.6. The lowest BCUT2D eigenvalue weighted by molar-refractivity contribution is -0.178. The van der Waals surface area contributed by atoms with E-state index in [0.717, 1.165) is 4.57 Å². The molecular weight excluding hydrogens is 625 g/mol.